The lowest BCUT2D eigenvalue weighted by molar-refractivity contribution is 0.0188. The summed E-state index contributed by atoms with van der Waals surface area (Å²) in [5, 5.41) is 0. The van der Waals surface area contributed by atoms with E-state index < -0.39 is 0 Å². The predicted molar refractivity (Wildman–Crippen MR) is 64.8 cm³/mol. The quantitative estimate of drug-likeness (QED) is 0.265. The van der Waals surface area contributed by atoms with Crippen LogP contribution in [0, 0.1) is 12.3 Å². The molecule has 0 N–H and O–H groups in total. The van der Waals surface area contributed by atoms with Gasteiger partial charge in [0.2, 0.25) is 0 Å². The van der Waals surface area contributed by atoms with Crippen molar-refractivity contribution in [2.45, 2.75) is 6.42 Å². The number of terminal acetylenes is 1. The van der Waals surface area contributed by atoms with E-state index in [4.69, 9.17) is 20.6 Å². The zero-order chi connectivity index (χ0) is 10.5. The molecule has 82 valence electrons. The summed E-state index contributed by atoms with van der Waals surface area (Å²) in [6, 6.07) is 0. The lowest BCUT2D eigenvalue weighted by atomic mass is 10.5. The lowest BCUT2D eigenvalue weighted by Gasteiger charge is -2.04. The van der Waals surface area contributed by atoms with Gasteiger partial charge in [0.15, 0.2) is 0 Å². The molecule has 0 spiro atoms. The molecule has 4 heteroatoms. The molecule has 0 saturated carbocycles. The molecule has 0 amide bonds. The Morgan fingerprint density at radius 1 is 0.857 bits per heavy atom. The van der Waals surface area contributed by atoms with Crippen LogP contribution >= 0.6 is 22.6 Å². The minimum absolute atomic E-state index is 0.605. The smallest absolute Gasteiger partial charge is 0.0701 e. The molecule has 0 heterocycles. The van der Waals surface area contributed by atoms with Gasteiger partial charge in [-0.15, -0.1) is 12.3 Å². The molecule has 0 aliphatic heterocycles. The van der Waals surface area contributed by atoms with Crippen molar-refractivity contribution >= 4 is 22.6 Å². The van der Waals surface area contributed by atoms with Gasteiger partial charge in [-0.05, 0) is 0 Å². The fourth-order valence-electron chi connectivity index (χ4n) is 0.728. The number of hydrogen-bond donors (Lipinski definition) is 0. The molecular weight excluding hydrogens is 295 g/mol. The van der Waals surface area contributed by atoms with E-state index >= 15 is 0 Å². The van der Waals surface area contributed by atoms with Crippen molar-refractivity contribution in [3.8, 4) is 12.3 Å². The standard InChI is InChI=1S/C10H17IO3/c1-2-3-5-12-7-9-14-10-8-13-6-4-11/h1H,3-10H2. The fraction of sp³-hybridized carbons (Fsp3) is 0.800. The van der Waals surface area contributed by atoms with Crippen LogP contribution in [0.3, 0.4) is 0 Å². The number of alkyl halides is 1. The van der Waals surface area contributed by atoms with Gasteiger partial charge in [-0.1, -0.05) is 22.6 Å². The van der Waals surface area contributed by atoms with E-state index in [2.05, 4.69) is 28.5 Å². The normalized spacial score (nSPS) is 10.0. The summed E-state index contributed by atoms with van der Waals surface area (Å²) >= 11 is 2.27. The molecule has 0 aromatic carbocycles. The third-order valence-corrected chi connectivity index (χ3v) is 1.80. The van der Waals surface area contributed by atoms with Crippen LogP contribution in [0.1, 0.15) is 6.42 Å². The van der Waals surface area contributed by atoms with E-state index in [0.29, 0.717) is 39.5 Å². The highest BCUT2D eigenvalue weighted by atomic mass is 127. The molecule has 0 unspecified atom stereocenters. The van der Waals surface area contributed by atoms with Gasteiger partial charge in [0, 0.05) is 10.8 Å². The molecule has 0 rings (SSSR count). The predicted octanol–water partition coefficient (Wildman–Crippen LogP) is 1.49. The van der Waals surface area contributed by atoms with E-state index in [1.807, 2.05) is 0 Å². The maximum atomic E-state index is 5.26. The molecule has 14 heavy (non-hydrogen) atoms. The van der Waals surface area contributed by atoms with E-state index in [-0.39, 0.29) is 0 Å². The van der Waals surface area contributed by atoms with Gasteiger partial charge < -0.3 is 14.2 Å². The molecule has 0 aliphatic carbocycles. The molecule has 0 aliphatic rings. The highest BCUT2D eigenvalue weighted by molar-refractivity contribution is 14.1. The monoisotopic (exact) mass is 312 g/mol. The summed E-state index contributed by atoms with van der Waals surface area (Å²) in [6.07, 6.45) is 5.72. The Hall–Kier alpha value is 0.170. The van der Waals surface area contributed by atoms with Gasteiger partial charge in [0.25, 0.3) is 0 Å². The van der Waals surface area contributed by atoms with Crippen molar-refractivity contribution in [3.05, 3.63) is 0 Å². The Kier molecular flexibility index (Phi) is 13.3. The molecular formula is C10H17IO3. The molecule has 0 fully saturated rings. The first kappa shape index (κ1) is 14.2. The second-order valence-electron chi connectivity index (χ2n) is 2.48. The summed E-state index contributed by atoms with van der Waals surface area (Å²) in [5.74, 6) is 2.51. The van der Waals surface area contributed by atoms with Crippen LogP contribution in [-0.2, 0) is 14.2 Å². The Morgan fingerprint density at radius 2 is 1.36 bits per heavy atom. The number of rotatable bonds is 10. The van der Waals surface area contributed by atoms with Crippen molar-refractivity contribution in [1.82, 2.24) is 0 Å². The van der Waals surface area contributed by atoms with Crippen LogP contribution in [0.2, 0.25) is 0 Å². The minimum atomic E-state index is 0.605. The Labute approximate surface area is 99.6 Å². The Balaban J connectivity index is 2.82. The first-order valence-corrected chi connectivity index (χ1v) is 6.17. The lowest BCUT2D eigenvalue weighted by Crippen LogP contribution is -2.10. The van der Waals surface area contributed by atoms with Crippen LogP contribution in [0.4, 0.5) is 0 Å². The zero-order valence-electron chi connectivity index (χ0n) is 8.34. The summed E-state index contributed by atoms with van der Waals surface area (Å²) in [6.45, 7) is 3.92. The van der Waals surface area contributed by atoms with Crippen LogP contribution in [0.5, 0.6) is 0 Å². The summed E-state index contributed by atoms with van der Waals surface area (Å²) in [4.78, 5) is 0. The van der Waals surface area contributed by atoms with Crippen molar-refractivity contribution in [2.24, 2.45) is 0 Å². The summed E-state index contributed by atoms with van der Waals surface area (Å²) in [7, 11) is 0. The minimum Gasteiger partial charge on any atom is -0.378 e. The first-order valence-electron chi connectivity index (χ1n) is 4.64. The number of ether oxygens (including phenoxy) is 3. The van der Waals surface area contributed by atoms with E-state index in [0.717, 1.165) is 11.0 Å². The maximum absolute atomic E-state index is 5.26. The molecule has 0 atom stereocenters. The van der Waals surface area contributed by atoms with Crippen LogP contribution in [0.25, 0.3) is 0 Å². The first-order chi connectivity index (χ1) is 6.91. The average Bonchev–Trinajstić information content (AvgIpc) is 2.21. The van der Waals surface area contributed by atoms with E-state index in [9.17, 15) is 0 Å². The Morgan fingerprint density at radius 3 is 1.86 bits per heavy atom. The zero-order valence-corrected chi connectivity index (χ0v) is 10.5. The average molecular weight is 312 g/mol. The van der Waals surface area contributed by atoms with Gasteiger partial charge in [-0.2, -0.15) is 0 Å². The fourth-order valence-corrected chi connectivity index (χ4v) is 1.04. The van der Waals surface area contributed by atoms with Gasteiger partial charge in [-0.3, -0.25) is 0 Å². The van der Waals surface area contributed by atoms with E-state index in [1.54, 1.807) is 0 Å². The number of hydrogen-bond acceptors (Lipinski definition) is 3. The Bertz CT molecular complexity index is 145. The van der Waals surface area contributed by atoms with Gasteiger partial charge >= 0.3 is 0 Å². The molecule has 0 radical (unpaired) electrons. The topological polar surface area (TPSA) is 27.7 Å². The van der Waals surface area contributed by atoms with Gasteiger partial charge in [0.1, 0.15) is 0 Å². The SMILES string of the molecule is C#CCCOCCOCCOCCI. The molecule has 0 aromatic rings. The van der Waals surface area contributed by atoms with Crippen molar-refractivity contribution in [1.29, 1.82) is 0 Å². The third-order valence-electron chi connectivity index (χ3n) is 1.36. The maximum Gasteiger partial charge on any atom is 0.0701 e. The van der Waals surface area contributed by atoms with E-state index in [1.165, 1.54) is 0 Å². The van der Waals surface area contributed by atoms with Crippen LogP contribution in [0.15, 0.2) is 0 Å². The second-order valence-corrected chi connectivity index (χ2v) is 3.56. The van der Waals surface area contributed by atoms with Gasteiger partial charge in [0.05, 0.1) is 39.6 Å². The van der Waals surface area contributed by atoms with Crippen LogP contribution in [-0.4, -0.2) is 44.1 Å². The van der Waals surface area contributed by atoms with Crippen molar-refractivity contribution in [3.63, 3.8) is 0 Å². The summed E-state index contributed by atoms with van der Waals surface area (Å²) < 4.78 is 16.7. The van der Waals surface area contributed by atoms with Crippen molar-refractivity contribution in [2.75, 3.05) is 44.1 Å². The molecule has 0 saturated heterocycles. The van der Waals surface area contributed by atoms with Gasteiger partial charge in [-0.25, -0.2) is 0 Å². The molecule has 0 bridgehead atoms. The van der Waals surface area contributed by atoms with Crippen molar-refractivity contribution < 1.29 is 14.2 Å². The molecule has 0 aromatic heterocycles. The number of halogens is 1. The van der Waals surface area contributed by atoms with Crippen LogP contribution < -0.4 is 0 Å². The summed E-state index contributed by atoms with van der Waals surface area (Å²) in [5.41, 5.74) is 0. The third kappa shape index (κ3) is 12.2. The highest BCUT2D eigenvalue weighted by Crippen LogP contribution is 1.85. The second kappa shape index (κ2) is 13.2. The molecule has 3 nitrogen and oxygen atoms in total. The highest BCUT2D eigenvalue weighted by Gasteiger charge is 1.90. The largest absolute Gasteiger partial charge is 0.378 e.